The highest BCUT2D eigenvalue weighted by Gasteiger charge is 2.38. The molecule has 2 atom stereocenters. The van der Waals surface area contributed by atoms with Crippen molar-refractivity contribution in [2.75, 3.05) is 6.54 Å². The van der Waals surface area contributed by atoms with Crippen LogP contribution in [0.5, 0.6) is 0 Å². The van der Waals surface area contributed by atoms with Crippen molar-refractivity contribution in [1.29, 1.82) is 0 Å². The number of hydrogen-bond acceptors (Lipinski definition) is 3. The second kappa shape index (κ2) is 3.79. The van der Waals surface area contributed by atoms with Crippen molar-refractivity contribution in [3.63, 3.8) is 0 Å². The van der Waals surface area contributed by atoms with E-state index in [4.69, 9.17) is 17.3 Å². The lowest BCUT2D eigenvalue weighted by Gasteiger charge is -2.02. The van der Waals surface area contributed by atoms with E-state index in [1.807, 2.05) is 0 Å². The number of halogens is 1. The van der Waals surface area contributed by atoms with E-state index in [2.05, 4.69) is 0 Å². The quantitative estimate of drug-likeness (QED) is 0.635. The van der Waals surface area contributed by atoms with Crippen LogP contribution in [0.1, 0.15) is 17.9 Å². The maximum atomic E-state index is 10.6. The molecule has 0 aromatic heterocycles. The van der Waals surface area contributed by atoms with Gasteiger partial charge in [0.15, 0.2) is 0 Å². The third-order valence-corrected chi connectivity index (χ3v) is 3.16. The Bertz CT molecular complexity index is 408. The van der Waals surface area contributed by atoms with Gasteiger partial charge in [0.2, 0.25) is 0 Å². The van der Waals surface area contributed by atoms with Gasteiger partial charge in [0.25, 0.3) is 5.69 Å². The first-order chi connectivity index (χ1) is 7.13. The van der Waals surface area contributed by atoms with Gasteiger partial charge in [-0.1, -0.05) is 11.6 Å². The molecule has 0 radical (unpaired) electrons. The smallest absolute Gasteiger partial charge is 0.269 e. The molecule has 2 rings (SSSR count). The second-order valence-electron chi connectivity index (χ2n) is 3.80. The van der Waals surface area contributed by atoms with Gasteiger partial charge in [-0.15, -0.1) is 0 Å². The summed E-state index contributed by atoms with van der Waals surface area (Å²) in [5.41, 5.74) is 6.49. The third-order valence-electron chi connectivity index (χ3n) is 2.82. The molecule has 80 valence electrons. The Morgan fingerprint density at radius 2 is 2.33 bits per heavy atom. The number of hydrogen-bond donors (Lipinski definition) is 1. The molecule has 4 nitrogen and oxygen atoms in total. The highest BCUT2D eigenvalue weighted by atomic mass is 35.5. The van der Waals surface area contributed by atoms with E-state index in [1.165, 1.54) is 6.07 Å². The Morgan fingerprint density at radius 3 is 2.87 bits per heavy atom. The molecule has 1 aromatic carbocycles. The molecule has 1 aliphatic rings. The fourth-order valence-electron chi connectivity index (χ4n) is 1.82. The summed E-state index contributed by atoms with van der Waals surface area (Å²) in [6.07, 6.45) is 0.984. The fraction of sp³-hybridized carbons (Fsp3) is 0.400. The summed E-state index contributed by atoms with van der Waals surface area (Å²) in [7, 11) is 0. The van der Waals surface area contributed by atoms with E-state index < -0.39 is 4.92 Å². The molecule has 0 heterocycles. The summed E-state index contributed by atoms with van der Waals surface area (Å²) < 4.78 is 0. The maximum Gasteiger partial charge on any atom is 0.269 e. The molecule has 0 spiro atoms. The Morgan fingerprint density at radius 1 is 1.60 bits per heavy atom. The first kappa shape index (κ1) is 10.4. The van der Waals surface area contributed by atoms with Crippen molar-refractivity contribution in [2.45, 2.75) is 12.3 Å². The molecule has 15 heavy (non-hydrogen) atoms. The summed E-state index contributed by atoms with van der Waals surface area (Å²) in [5, 5.41) is 11.2. The molecule has 1 saturated carbocycles. The van der Waals surface area contributed by atoms with E-state index in [9.17, 15) is 10.1 Å². The molecular formula is C10H11ClN2O2. The summed E-state index contributed by atoms with van der Waals surface area (Å²) in [6, 6.07) is 4.56. The van der Waals surface area contributed by atoms with Gasteiger partial charge in [0.05, 0.1) is 4.92 Å². The molecule has 2 unspecified atom stereocenters. The van der Waals surface area contributed by atoms with Crippen LogP contribution in [0.2, 0.25) is 5.02 Å². The lowest BCUT2D eigenvalue weighted by molar-refractivity contribution is -0.384. The van der Waals surface area contributed by atoms with Gasteiger partial charge in [0, 0.05) is 17.2 Å². The van der Waals surface area contributed by atoms with Crippen molar-refractivity contribution in [2.24, 2.45) is 11.7 Å². The molecular weight excluding hydrogens is 216 g/mol. The first-order valence-corrected chi connectivity index (χ1v) is 5.15. The number of nitrogens with zero attached hydrogens (tertiary/aromatic N) is 1. The van der Waals surface area contributed by atoms with E-state index in [-0.39, 0.29) is 5.69 Å². The van der Waals surface area contributed by atoms with Crippen molar-refractivity contribution < 1.29 is 4.92 Å². The molecule has 5 heteroatoms. The molecule has 1 aliphatic carbocycles. The number of nitrogens with two attached hydrogens (primary N) is 1. The summed E-state index contributed by atoms with van der Waals surface area (Å²) in [4.78, 5) is 10.2. The SMILES string of the molecule is NCC1CC1c1cc([N+](=O)[O-])ccc1Cl. The predicted octanol–water partition coefficient (Wildman–Crippen LogP) is 2.31. The standard InChI is InChI=1S/C10H11ClN2O2/c11-10-2-1-7(13(14)15)4-9(10)8-3-6(8)5-12/h1-2,4,6,8H,3,5,12H2. The second-order valence-corrected chi connectivity index (χ2v) is 4.21. The van der Waals surface area contributed by atoms with Crippen LogP contribution in [0.4, 0.5) is 5.69 Å². The van der Waals surface area contributed by atoms with Gasteiger partial charge in [-0.2, -0.15) is 0 Å². The minimum Gasteiger partial charge on any atom is -0.330 e. The highest BCUT2D eigenvalue weighted by Crippen LogP contribution is 2.49. The molecule has 1 fully saturated rings. The topological polar surface area (TPSA) is 69.2 Å². The zero-order valence-electron chi connectivity index (χ0n) is 8.02. The van der Waals surface area contributed by atoms with E-state index in [0.717, 1.165) is 12.0 Å². The van der Waals surface area contributed by atoms with Gasteiger partial charge < -0.3 is 5.73 Å². The van der Waals surface area contributed by atoms with Crippen LogP contribution in [0.25, 0.3) is 0 Å². The van der Waals surface area contributed by atoms with Crippen molar-refractivity contribution in [3.8, 4) is 0 Å². The minimum atomic E-state index is -0.403. The fourth-order valence-corrected chi connectivity index (χ4v) is 2.08. The van der Waals surface area contributed by atoms with Crippen LogP contribution < -0.4 is 5.73 Å². The van der Waals surface area contributed by atoms with Crippen LogP contribution in [-0.4, -0.2) is 11.5 Å². The highest BCUT2D eigenvalue weighted by molar-refractivity contribution is 6.31. The van der Waals surface area contributed by atoms with Crippen molar-refractivity contribution >= 4 is 17.3 Å². The third kappa shape index (κ3) is 1.96. The Kier molecular flexibility index (Phi) is 2.63. The largest absolute Gasteiger partial charge is 0.330 e. The predicted molar refractivity (Wildman–Crippen MR) is 58.0 cm³/mol. The zero-order valence-corrected chi connectivity index (χ0v) is 8.78. The summed E-state index contributed by atoms with van der Waals surface area (Å²) >= 11 is 5.99. The van der Waals surface area contributed by atoms with Crippen molar-refractivity contribution in [1.82, 2.24) is 0 Å². The molecule has 0 aliphatic heterocycles. The maximum absolute atomic E-state index is 10.6. The molecule has 2 N–H and O–H groups in total. The van der Waals surface area contributed by atoms with Crippen LogP contribution in [0, 0.1) is 16.0 Å². The molecule has 0 bridgehead atoms. The van der Waals surface area contributed by atoms with E-state index >= 15 is 0 Å². The van der Waals surface area contributed by atoms with Gasteiger partial charge in [-0.05, 0) is 36.4 Å². The number of benzene rings is 1. The lowest BCUT2D eigenvalue weighted by atomic mass is 10.1. The van der Waals surface area contributed by atoms with Gasteiger partial charge in [-0.25, -0.2) is 0 Å². The molecule has 0 amide bonds. The van der Waals surface area contributed by atoms with E-state index in [0.29, 0.717) is 23.4 Å². The normalized spacial score (nSPS) is 23.9. The van der Waals surface area contributed by atoms with Gasteiger partial charge in [0.1, 0.15) is 0 Å². The van der Waals surface area contributed by atoms with Crippen LogP contribution in [0.15, 0.2) is 18.2 Å². The summed E-state index contributed by atoms with van der Waals surface area (Å²) in [6.45, 7) is 0.615. The number of non-ortho nitro benzene ring substituents is 1. The van der Waals surface area contributed by atoms with Gasteiger partial charge >= 0.3 is 0 Å². The van der Waals surface area contributed by atoms with E-state index in [1.54, 1.807) is 12.1 Å². The van der Waals surface area contributed by atoms with Gasteiger partial charge in [-0.3, -0.25) is 10.1 Å². The first-order valence-electron chi connectivity index (χ1n) is 4.77. The molecule has 1 aromatic rings. The monoisotopic (exact) mass is 226 g/mol. The number of nitro groups is 1. The lowest BCUT2D eigenvalue weighted by Crippen LogP contribution is -2.02. The van der Waals surface area contributed by atoms with Crippen molar-refractivity contribution in [3.05, 3.63) is 38.9 Å². The Hall–Kier alpha value is -1.13. The zero-order chi connectivity index (χ0) is 11.0. The molecule has 0 saturated heterocycles. The minimum absolute atomic E-state index is 0.0945. The van der Waals surface area contributed by atoms with Crippen LogP contribution in [0.3, 0.4) is 0 Å². The number of rotatable bonds is 3. The average molecular weight is 227 g/mol. The van der Waals surface area contributed by atoms with Crippen LogP contribution in [-0.2, 0) is 0 Å². The average Bonchev–Trinajstić information content (AvgIpc) is 2.97. The van der Waals surface area contributed by atoms with Crippen LogP contribution >= 0.6 is 11.6 Å². The Labute approximate surface area is 92.2 Å². The Balaban J connectivity index is 2.30. The summed E-state index contributed by atoms with van der Waals surface area (Å²) in [5.74, 6) is 0.743. The number of nitro benzene ring substituents is 1.